The van der Waals surface area contributed by atoms with E-state index in [1.54, 1.807) is 0 Å². The van der Waals surface area contributed by atoms with Gasteiger partial charge in [-0.15, -0.1) is 11.6 Å². The molecule has 0 aliphatic heterocycles. The van der Waals surface area contributed by atoms with E-state index in [-0.39, 0.29) is 0 Å². The largest absolute Gasteiger partial charge is 0.489 e. The molecule has 0 aliphatic rings. The van der Waals surface area contributed by atoms with E-state index in [9.17, 15) is 0 Å². The van der Waals surface area contributed by atoms with Gasteiger partial charge in [-0.2, -0.15) is 0 Å². The number of halogens is 2. The molecule has 0 atom stereocenters. The molecule has 0 N–H and O–H groups in total. The van der Waals surface area contributed by atoms with Gasteiger partial charge in [-0.05, 0) is 53.6 Å². The van der Waals surface area contributed by atoms with Crippen LogP contribution in [-0.2, 0) is 12.5 Å². The maximum Gasteiger partial charge on any atom is 0.153 e. The molecule has 148 valence electrons. The second kappa shape index (κ2) is 8.02. The first-order chi connectivity index (χ1) is 14.7. The number of aromatic nitrogens is 1. The Morgan fingerprint density at radius 3 is 2.43 bits per heavy atom. The smallest absolute Gasteiger partial charge is 0.153 e. The Labute approximate surface area is 183 Å². The summed E-state index contributed by atoms with van der Waals surface area (Å²) in [6.45, 7) is 0.492. The number of hydrogen-bond acceptors (Lipinski definition) is 3. The number of alkyl halides is 1. The quantitative estimate of drug-likeness (QED) is 0.267. The molecule has 0 radical (unpaired) electrons. The number of benzene rings is 3. The van der Waals surface area contributed by atoms with E-state index < -0.39 is 0 Å². The van der Waals surface area contributed by atoms with E-state index in [1.807, 2.05) is 78.9 Å². The second-order valence-electron chi connectivity index (χ2n) is 7.08. The molecule has 2 heterocycles. The van der Waals surface area contributed by atoms with Gasteiger partial charge in [0.25, 0.3) is 0 Å². The van der Waals surface area contributed by atoms with Gasteiger partial charge in [-0.1, -0.05) is 48.0 Å². The molecule has 30 heavy (non-hydrogen) atoms. The molecular formula is C25H17Cl2NO2. The van der Waals surface area contributed by atoms with Crippen LogP contribution in [0.25, 0.3) is 33.3 Å². The summed E-state index contributed by atoms with van der Waals surface area (Å²) >= 11 is 11.9. The normalized spacial score (nSPS) is 11.3. The molecule has 5 heteroatoms. The lowest BCUT2D eigenvalue weighted by atomic mass is 10.1. The molecule has 0 bridgehead atoms. The van der Waals surface area contributed by atoms with E-state index in [0.29, 0.717) is 23.3 Å². The van der Waals surface area contributed by atoms with Crippen molar-refractivity contribution in [1.29, 1.82) is 0 Å². The van der Waals surface area contributed by atoms with Crippen molar-refractivity contribution in [3.05, 3.63) is 95.0 Å². The van der Waals surface area contributed by atoms with Crippen LogP contribution in [0.5, 0.6) is 5.75 Å². The van der Waals surface area contributed by atoms with Gasteiger partial charge in [-0.25, -0.2) is 4.98 Å². The third-order valence-corrected chi connectivity index (χ3v) is 5.52. The highest BCUT2D eigenvalue weighted by Crippen LogP contribution is 2.31. The molecule has 2 aromatic heterocycles. The van der Waals surface area contributed by atoms with Crippen LogP contribution in [0.1, 0.15) is 11.1 Å². The Morgan fingerprint density at radius 2 is 1.60 bits per heavy atom. The van der Waals surface area contributed by atoms with Crippen molar-refractivity contribution in [2.24, 2.45) is 0 Å². The third-order valence-electron chi connectivity index (χ3n) is 4.98. The zero-order chi connectivity index (χ0) is 20.5. The van der Waals surface area contributed by atoms with Crippen molar-refractivity contribution in [3.8, 4) is 17.2 Å². The minimum atomic E-state index is 0.492. The van der Waals surface area contributed by atoms with Crippen molar-refractivity contribution in [3.63, 3.8) is 0 Å². The minimum Gasteiger partial charge on any atom is -0.489 e. The topological polar surface area (TPSA) is 35.3 Å². The number of rotatable bonds is 5. The molecule has 5 aromatic rings. The second-order valence-corrected chi connectivity index (χ2v) is 7.79. The molecule has 3 nitrogen and oxygen atoms in total. The van der Waals surface area contributed by atoms with E-state index in [2.05, 4.69) is 0 Å². The molecule has 0 unspecified atom stereocenters. The van der Waals surface area contributed by atoms with E-state index >= 15 is 0 Å². The molecule has 0 aliphatic carbocycles. The van der Waals surface area contributed by atoms with Gasteiger partial charge in [0, 0.05) is 21.7 Å². The van der Waals surface area contributed by atoms with Gasteiger partial charge in [0.05, 0.1) is 5.52 Å². The SMILES string of the molecule is ClCc1ccc(COc2ccc3oc(-c4ccc5ccc(Cl)cc5n4)cc3c2)cc1. The predicted molar refractivity (Wildman–Crippen MR) is 122 cm³/mol. The molecule has 0 spiro atoms. The Hall–Kier alpha value is -3.01. The van der Waals surface area contributed by atoms with Crippen LogP contribution in [0, 0.1) is 0 Å². The Morgan fingerprint density at radius 1 is 0.800 bits per heavy atom. The van der Waals surface area contributed by atoms with Gasteiger partial charge in [0.15, 0.2) is 5.76 Å². The molecule has 3 aromatic carbocycles. The van der Waals surface area contributed by atoms with Crippen molar-refractivity contribution in [2.45, 2.75) is 12.5 Å². The number of pyridine rings is 1. The van der Waals surface area contributed by atoms with E-state index in [0.717, 1.165) is 44.4 Å². The number of ether oxygens (including phenoxy) is 1. The first-order valence-corrected chi connectivity index (χ1v) is 10.5. The van der Waals surface area contributed by atoms with Crippen LogP contribution in [-0.4, -0.2) is 4.98 Å². The fourth-order valence-electron chi connectivity index (χ4n) is 3.36. The molecular weight excluding hydrogens is 417 g/mol. The van der Waals surface area contributed by atoms with Crippen molar-refractivity contribution >= 4 is 45.1 Å². The van der Waals surface area contributed by atoms with Crippen LogP contribution in [0.3, 0.4) is 0 Å². The Balaban J connectivity index is 1.39. The summed E-state index contributed by atoms with van der Waals surface area (Å²) in [5.74, 6) is 2.01. The fourth-order valence-corrected chi connectivity index (χ4v) is 3.70. The highest BCUT2D eigenvalue weighted by Gasteiger charge is 2.10. The van der Waals surface area contributed by atoms with Crippen molar-refractivity contribution in [1.82, 2.24) is 4.98 Å². The molecule has 0 saturated heterocycles. The molecule has 0 saturated carbocycles. The summed E-state index contributed by atoms with van der Waals surface area (Å²) in [6, 6.07) is 25.5. The average Bonchev–Trinajstić information content (AvgIpc) is 3.21. The van der Waals surface area contributed by atoms with Crippen molar-refractivity contribution in [2.75, 3.05) is 0 Å². The van der Waals surface area contributed by atoms with Crippen LogP contribution in [0.4, 0.5) is 0 Å². The Bertz CT molecular complexity index is 1340. The number of hydrogen-bond donors (Lipinski definition) is 0. The lowest BCUT2D eigenvalue weighted by Crippen LogP contribution is -1.95. The summed E-state index contributed by atoms with van der Waals surface area (Å²) in [6.07, 6.45) is 0. The maximum atomic E-state index is 6.10. The number of furan rings is 1. The van der Waals surface area contributed by atoms with Crippen LogP contribution < -0.4 is 4.74 Å². The summed E-state index contributed by atoms with van der Waals surface area (Å²) in [4.78, 5) is 4.70. The third kappa shape index (κ3) is 3.87. The number of nitrogens with zero attached hydrogens (tertiary/aromatic N) is 1. The maximum absolute atomic E-state index is 6.10. The lowest BCUT2D eigenvalue weighted by Gasteiger charge is -2.06. The zero-order valence-corrected chi connectivity index (χ0v) is 17.5. The van der Waals surface area contributed by atoms with Gasteiger partial charge in [0.2, 0.25) is 0 Å². The standard InChI is InChI=1S/C25H17Cl2NO2/c26-14-16-1-3-17(4-2-16)15-29-21-8-10-24-19(11-21)12-25(30-24)22-9-6-18-5-7-20(27)13-23(18)28-22/h1-13H,14-15H2. The molecule has 0 amide bonds. The van der Waals surface area contributed by atoms with Crippen LogP contribution in [0.2, 0.25) is 5.02 Å². The van der Waals surface area contributed by atoms with E-state index in [1.165, 1.54) is 0 Å². The lowest BCUT2D eigenvalue weighted by molar-refractivity contribution is 0.306. The van der Waals surface area contributed by atoms with E-state index in [4.69, 9.17) is 37.3 Å². The summed E-state index contributed by atoms with van der Waals surface area (Å²) in [5, 5.41) is 2.66. The summed E-state index contributed by atoms with van der Waals surface area (Å²) < 4.78 is 12.0. The summed E-state index contributed by atoms with van der Waals surface area (Å²) in [5.41, 5.74) is 4.58. The summed E-state index contributed by atoms with van der Waals surface area (Å²) in [7, 11) is 0. The van der Waals surface area contributed by atoms with Gasteiger partial charge in [-0.3, -0.25) is 0 Å². The zero-order valence-electron chi connectivity index (χ0n) is 15.9. The fraction of sp³-hybridized carbons (Fsp3) is 0.0800. The average molecular weight is 434 g/mol. The monoisotopic (exact) mass is 433 g/mol. The number of fused-ring (bicyclic) bond motifs is 2. The van der Waals surface area contributed by atoms with Gasteiger partial charge in [0.1, 0.15) is 23.6 Å². The first kappa shape index (κ1) is 19.0. The highest BCUT2D eigenvalue weighted by atomic mass is 35.5. The predicted octanol–water partition coefficient (Wildman–Crippen LogP) is 7.62. The van der Waals surface area contributed by atoms with Gasteiger partial charge < -0.3 is 9.15 Å². The van der Waals surface area contributed by atoms with Crippen LogP contribution in [0.15, 0.2) is 83.3 Å². The highest BCUT2D eigenvalue weighted by molar-refractivity contribution is 6.31. The molecule has 0 fully saturated rings. The Kier molecular flexibility index (Phi) is 5.07. The van der Waals surface area contributed by atoms with Crippen LogP contribution >= 0.6 is 23.2 Å². The molecule has 5 rings (SSSR count). The minimum absolute atomic E-state index is 0.492. The van der Waals surface area contributed by atoms with Gasteiger partial charge >= 0.3 is 0 Å². The first-order valence-electron chi connectivity index (χ1n) is 9.55. The van der Waals surface area contributed by atoms with Crippen molar-refractivity contribution < 1.29 is 9.15 Å².